The third-order valence-corrected chi connectivity index (χ3v) is 10.6. The summed E-state index contributed by atoms with van der Waals surface area (Å²) in [5.74, 6) is 0.598. The van der Waals surface area contributed by atoms with Crippen molar-refractivity contribution in [3.8, 4) is 44.5 Å². The lowest BCUT2D eigenvalue weighted by Gasteiger charge is -2.15. The van der Waals surface area contributed by atoms with Gasteiger partial charge in [0.05, 0.1) is 5.70 Å². The van der Waals surface area contributed by atoms with Crippen LogP contribution in [0.3, 0.4) is 0 Å². The summed E-state index contributed by atoms with van der Waals surface area (Å²) in [5.41, 5.74) is 13.5. The second kappa shape index (κ2) is 15.7. The monoisotopic (exact) mass is 728 g/mol. The maximum absolute atomic E-state index is 5.35. The fraction of sp³-hybridized carbons (Fsp3) is 0.0182. The SMILES string of the molecule is C=C(N=C(N=C(C)c1ccc(-c2ccccc2)cc1)c1cc(-c2cccc3ccccc23)cc(-c2cccc3ccccc23)c1)c1ccc(-c2ccccc2)cc1. The number of hydrogen-bond donors (Lipinski definition) is 0. The number of benzene rings is 9. The van der Waals surface area contributed by atoms with Gasteiger partial charge in [-0.3, -0.25) is 0 Å². The molecule has 0 saturated heterocycles. The smallest absolute Gasteiger partial charge is 0.160 e. The summed E-state index contributed by atoms with van der Waals surface area (Å²) in [6, 6.07) is 74.9. The van der Waals surface area contributed by atoms with Crippen LogP contribution in [0.25, 0.3) is 71.7 Å². The Hall–Kier alpha value is -7.42. The van der Waals surface area contributed by atoms with Crippen LogP contribution in [-0.2, 0) is 0 Å². The second-order valence-corrected chi connectivity index (χ2v) is 14.3. The van der Waals surface area contributed by atoms with Gasteiger partial charge in [-0.1, -0.05) is 201 Å². The molecule has 0 unspecified atom stereocenters. The zero-order valence-electron chi connectivity index (χ0n) is 31.8. The van der Waals surface area contributed by atoms with E-state index in [2.05, 4.69) is 214 Å². The van der Waals surface area contributed by atoms with Gasteiger partial charge < -0.3 is 0 Å². The molecule has 0 aliphatic carbocycles. The van der Waals surface area contributed by atoms with Crippen LogP contribution < -0.4 is 0 Å². The lowest BCUT2D eigenvalue weighted by Crippen LogP contribution is -2.05. The molecule has 2 nitrogen and oxygen atoms in total. The average molecular weight is 729 g/mol. The minimum absolute atomic E-state index is 0.598. The molecule has 0 aromatic heterocycles. The van der Waals surface area contributed by atoms with Crippen LogP contribution in [0.15, 0.2) is 229 Å². The molecule has 0 saturated carbocycles. The summed E-state index contributed by atoms with van der Waals surface area (Å²) < 4.78 is 0. The molecule has 0 aliphatic heterocycles. The van der Waals surface area contributed by atoms with E-state index in [1.54, 1.807) is 0 Å². The largest absolute Gasteiger partial charge is 0.233 e. The van der Waals surface area contributed by atoms with Crippen LogP contribution in [0, 0.1) is 0 Å². The number of aliphatic imine (C=N–C) groups is 2. The molecule has 9 aromatic carbocycles. The van der Waals surface area contributed by atoms with Crippen LogP contribution in [0.1, 0.15) is 23.6 Å². The van der Waals surface area contributed by atoms with E-state index in [9.17, 15) is 0 Å². The van der Waals surface area contributed by atoms with Gasteiger partial charge in [0.2, 0.25) is 0 Å². The maximum atomic E-state index is 5.35. The highest BCUT2D eigenvalue weighted by molar-refractivity contribution is 6.14. The second-order valence-electron chi connectivity index (χ2n) is 14.3. The normalized spacial score (nSPS) is 11.9. The van der Waals surface area contributed by atoms with Gasteiger partial charge in [-0.2, -0.15) is 0 Å². The third-order valence-electron chi connectivity index (χ3n) is 10.6. The molecule has 0 radical (unpaired) electrons. The Morgan fingerprint density at radius 2 is 0.772 bits per heavy atom. The molecule has 0 spiro atoms. The molecule has 0 fully saturated rings. The van der Waals surface area contributed by atoms with Crippen molar-refractivity contribution in [3.05, 3.63) is 236 Å². The topological polar surface area (TPSA) is 24.7 Å². The molecule has 0 atom stereocenters. The zero-order valence-corrected chi connectivity index (χ0v) is 31.8. The predicted octanol–water partition coefficient (Wildman–Crippen LogP) is 14.6. The Kier molecular flexibility index (Phi) is 9.75. The lowest BCUT2D eigenvalue weighted by atomic mass is 9.91. The molecule has 0 aliphatic rings. The van der Waals surface area contributed by atoms with E-state index in [0.29, 0.717) is 11.5 Å². The first-order chi connectivity index (χ1) is 28.1. The van der Waals surface area contributed by atoms with E-state index in [-0.39, 0.29) is 0 Å². The lowest BCUT2D eigenvalue weighted by molar-refractivity contribution is 1.44. The summed E-state index contributed by atoms with van der Waals surface area (Å²) >= 11 is 0. The number of amidine groups is 1. The fourth-order valence-electron chi connectivity index (χ4n) is 7.61. The zero-order chi connectivity index (χ0) is 38.6. The molecule has 0 heterocycles. The first kappa shape index (κ1) is 35.3. The predicted molar refractivity (Wildman–Crippen MR) is 244 cm³/mol. The number of fused-ring (bicyclic) bond motifs is 2. The van der Waals surface area contributed by atoms with Crippen molar-refractivity contribution in [2.45, 2.75) is 6.92 Å². The van der Waals surface area contributed by atoms with Gasteiger partial charge in [0, 0.05) is 11.3 Å². The van der Waals surface area contributed by atoms with Crippen molar-refractivity contribution in [1.29, 1.82) is 0 Å². The van der Waals surface area contributed by atoms with Crippen molar-refractivity contribution in [1.82, 2.24) is 0 Å². The molecule has 0 N–H and O–H groups in total. The summed E-state index contributed by atoms with van der Waals surface area (Å²) in [5, 5.41) is 4.78. The molecule has 0 amide bonds. The Morgan fingerprint density at radius 1 is 0.351 bits per heavy atom. The van der Waals surface area contributed by atoms with E-state index in [1.165, 1.54) is 32.7 Å². The molecule has 9 aromatic rings. The highest BCUT2D eigenvalue weighted by Gasteiger charge is 2.15. The van der Waals surface area contributed by atoms with E-state index in [1.807, 2.05) is 12.1 Å². The quantitative estimate of drug-likeness (QED) is 0.110. The minimum atomic E-state index is 0.598. The average Bonchev–Trinajstić information content (AvgIpc) is 3.29. The van der Waals surface area contributed by atoms with Crippen molar-refractivity contribution < 1.29 is 0 Å². The van der Waals surface area contributed by atoms with E-state index in [4.69, 9.17) is 9.98 Å². The summed E-state index contributed by atoms with van der Waals surface area (Å²) in [4.78, 5) is 10.6. The molecular formula is C55H40N2. The fourth-order valence-corrected chi connectivity index (χ4v) is 7.61. The summed E-state index contributed by atoms with van der Waals surface area (Å²) in [6.07, 6.45) is 0. The Labute approximate surface area is 334 Å². The summed E-state index contributed by atoms with van der Waals surface area (Å²) in [6.45, 7) is 6.56. The van der Waals surface area contributed by atoms with Gasteiger partial charge in [-0.25, -0.2) is 9.98 Å². The molecular weight excluding hydrogens is 689 g/mol. The number of nitrogens with zero attached hydrogens (tertiary/aromatic N) is 2. The number of rotatable bonds is 8. The van der Waals surface area contributed by atoms with Crippen LogP contribution in [0.4, 0.5) is 0 Å². The van der Waals surface area contributed by atoms with Gasteiger partial charge in [0.1, 0.15) is 0 Å². The molecule has 0 bridgehead atoms. The number of hydrogen-bond acceptors (Lipinski definition) is 1. The van der Waals surface area contributed by atoms with Crippen molar-refractivity contribution in [2.24, 2.45) is 9.98 Å². The van der Waals surface area contributed by atoms with Gasteiger partial charge in [0.15, 0.2) is 5.84 Å². The van der Waals surface area contributed by atoms with E-state index >= 15 is 0 Å². The van der Waals surface area contributed by atoms with Crippen LogP contribution in [0.5, 0.6) is 0 Å². The summed E-state index contributed by atoms with van der Waals surface area (Å²) in [7, 11) is 0. The van der Waals surface area contributed by atoms with Crippen molar-refractivity contribution in [3.63, 3.8) is 0 Å². The van der Waals surface area contributed by atoms with Gasteiger partial charge in [-0.15, -0.1) is 0 Å². The highest BCUT2D eigenvalue weighted by atomic mass is 14.9. The Morgan fingerprint density at radius 3 is 1.28 bits per heavy atom. The van der Waals surface area contributed by atoms with E-state index < -0.39 is 0 Å². The van der Waals surface area contributed by atoms with Gasteiger partial charge >= 0.3 is 0 Å². The standard InChI is InChI=1S/C55H40N2/c1-38(40-27-31-44(32-28-40)42-15-5-3-6-16-42)56-55(57-39(2)41-29-33-45(34-30-41)43-17-7-4-8-18-43)50-36-48(53-25-13-21-46-19-9-11-23-51(46)53)35-49(37-50)54-26-14-22-47-20-10-12-24-52(47)54/h3-37H,1H2,2H3. The first-order valence-electron chi connectivity index (χ1n) is 19.3. The van der Waals surface area contributed by atoms with Crippen molar-refractivity contribution >= 4 is 38.8 Å². The first-order valence-corrected chi connectivity index (χ1v) is 19.3. The minimum Gasteiger partial charge on any atom is -0.233 e. The molecule has 9 rings (SSSR count). The Bertz CT molecular complexity index is 2830. The van der Waals surface area contributed by atoms with Crippen LogP contribution in [-0.4, -0.2) is 11.5 Å². The molecule has 270 valence electrons. The molecule has 57 heavy (non-hydrogen) atoms. The maximum Gasteiger partial charge on any atom is 0.160 e. The van der Waals surface area contributed by atoms with Crippen LogP contribution in [0.2, 0.25) is 0 Å². The van der Waals surface area contributed by atoms with Gasteiger partial charge in [-0.05, 0) is 102 Å². The highest BCUT2D eigenvalue weighted by Crippen LogP contribution is 2.36. The van der Waals surface area contributed by atoms with Crippen molar-refractivity contribution in [2.75, 3.05) is 0 Å². The van der Waals surface area contributed by atoms with E-state index in [0.717, 1.165) is 55.8 Å². The van der Waals surface area contributed by atoms with Gasteiger partial charge in [0.25, 0.3) is 0 Å². The van der Waals surface area contributed by atoms with Crippen LogP contribution >= 0.6 is 0 Å². The Balaban J connectivity index is 1.22. The third kappa shape index (κ3) is 7.50. The molecule has 2 heteroatoms.